The lowest BCUT2D eigenvalue weighted by molar-refractivity contribution is -0.0553. The van der Waals surface area contributed by atoms with Gasteiger partial charge in [-0.1, -0.05) is 6.92 Å². The standard InChI is InChI=1S/C14H23N3O/c1-3-14-10-18-11(2)9-17(14)7-6-13-5-4-12(15)8-16-13/h4-5,8,11,14H,3,6-7,9-10,15H2,1-2H3. The minimum atomic E-state index is 0.340. The molecule has 2 heterocycles. The molecule has 100 valence electrons. The summed E-state index contributed by atoms with van der Waals surface area (Å²) >= 11 is 0. The van der Waals surface area contributed by atoms with Gasteiger partial charge in [-0.2, -0.15) is 0 Å². The number of anilines is 1. The molecule has 2 N–H and O–H groups in total. The van der Waals surface area contributed by atoms with E-state index in [4.69, 9.17) is 10.5 Å². The van der Waals surface area contributed by atoms with Gasteiger partial charge < -0.3 is 10.5 Å². The maximum atomic E-state index is 5.71. The largest absolute Gasteiger partial charge is 0.397 e. The molecule has 1 fully saturated rings. The van der Waals surface area contributed by atoms with Gasteiger partial charge in [-0.25, -0.2) is 0 Å². The van der Waals surface area contributed by atoms with Crippen molar-refractivity contribution >= 4 is 5.69 Å². The van der Waals surface area contributed by atoms with E-state index in [2.05, 4.69) is 23.7 Å². The lowest BCUT2D eigenvalue weighted by Crippen LogP contribution is -2.49. The molecule has 0 radical (unpaired) electrons. The van der Waals surface area contributed by atoms with E-state index < -0.39 is 0 Å². The summed E-state index contributed by atoms with van der Waals surface area (Å²) in [5.74, 6) is 0. The van der Waals surface area contributed by atoms with Crippen LogP contribution in [0.25, 0.3) is 0 Å². The SMILES string of the molecule is CCC1COC(C)CN1CCc1ccc(N)cn1. The fourth-order valence-corrected chi connectivity index (χ4v) is 2.40. The van der Waals surface area contributed by atoms with Gasteiger partial charge >= 0.3 is 0 Å². The summed E-state index contributed by atoms with van der Waals surface area (Å²) in [6.45, 7) is 7.28. The fourth-order valence-electron chi connectivity index (χ4n) is 2.40. The van der Waals surface area contributed by atoms with Gasteiger partial charge in [-0.15, -0.1) is 0 Å². The first-order valence-corrected chi connectivity index (χ1v) is 6.75. The Morgan fingerprint density at radius 3 is 3.00 bits per heavy atom. The second kappa shape index (κ2) is 6.16. The normalized spacial score (nSPS) is 25.2. The molecule has 4 nitrogen and oxygen atoms in total. The zero-order valence-corrected chi connectivity index (χ0v) is 11.3. The molecular formula is C14H23N3O. The smallest absolute Gasteiger partial charge is 0.0674 e. The maximum Gasteiger partial charge on any atom is 0.0674 e. The highest BCUT2D eigenvalue weighted by Gasteiger charge is 2.24. The van der Waals surface area contributed by atoms with Gasteiger partial charge in [0.2, 0.25) is 0 Å². The lowest BCUT2D eigenvalue weighted by atomic mass is 10.1. The summed E-state index contributed by atoms with van der Waals surface area (Å²) in [7, 11) is 0. The predicted molar refractivity (Wildman–Crippen MR) is 73.4 cm³/mol. The van der Waals surface area contributed by atoms with Gasteiger partial charge in [0.1, 0.15) is 0 Å². The molecule has 0 aliphatic carbocycles. The van der Waals surface area contributed by atoms with Crippen LogP contribution < -0.4 is 5.73 Å². The Balaban J connectivity index is 1.89. The average molecular weight is 249 g/mol. The number of pyridine rings is 1. The first-order valence-electron chi connectivity index (χ1n) is 6.75. The third-order valence-corrected chi connectivity index (χ3v) is 3.56. The summed E-state index contributed by atoms with van der Waals surface area (Å²) in [6.07, 6.45) is 4.19. The van der Waals surface area contributed by atoms with Crippen LogP contribution in [-0.4, -0.2) is 41.7 Å². The topological polar surface area (TPSA) is 51.4 Å². The Hall–Kier alpha value is -1.13. The number of nitrogens with zero attached hydrogens (tertiary/aromatic N) is 2. The molecule has 4 heteroatoms. The predicted octanol–water partition coefficient (Wildman–Crippen LogP) is 1.71. The highest BCUT2D eigenvalue weighted by atomic mass is 16.5. The molecule has 0 saturated carbocycles. The summed E-state index contributed by atoms with van der Waals surface area (Å²) < 4.78 is 5.71. The molecule has 18 heavy (non-hydrogen) atoms. The van der Waals surface area contributed by atoms with Crippen LogP contribution in [0, 0.1) is 0 Å². The first kappa shape index (κ1) is 13.3. The number of nitrogen functional groups attached to an aromatic ring is 1. The maximum absolute atomic E-state index is 5.71. The third kappa shape index (κ3) is 3.43. The van der Waals surface area contributed by atoms with Crippen molar-refractivity contribution in [3.05, 3.63) is 24.0 Å². The van der Waals surface area contributed by atoms with E-state index >= 15 is 0 Å². The first-order chi connectivity index (χ1) is 8.69. The highest BCUT2D eigenvalue weighted by Crippen LogP contribution is 2.15. The number of hydrogen-bond acceptors (Lipinski definition) is 4. The van der Waals surface area contributed by atoms with Gasteiger partial charge in [-0.3, -0.25) is 9.88 Å². The molecule has 0 amide bonds. The Morgan fingerprint density at radius 2 is 2.33 bits per heavy atom. The molecule has 2 unspecified atom stereocenters. The van der Waals surface area contributed by atoms with Crippen LogP contribution in [0.4, 0.5) is 5.69 Å². The summed E-state index contributed by atoms with van der Waals surface area (Å²) in [5, 5.41) is 0. The van der Waals surface area contributed by atoms with Crippen molar-refractivity contribution in [1.29, 1.82) is 0 Å². The zero-order chi connectivity index (χ0) is 13.0. The highest BCUT2D eigenvalue weighted by molar-refractivity contribution is 5.34. The second-order valence-corrected chi connectivity index (χ2v) is 5.03. The van der Waals surface area contributed by atoms with E-state index in [-0.39, 0.29) is 0 Å². The van der Waals surface area contributed by atoms with Crippen molar-refractivity contribution in [1.82, 2.24) is 9.88 Å². The molecular weight excluding hydrogens is 226 g/mol. The molecule has 1 aromatic heterocycles. The van der Waals surface area contributed by atoms with E-state index in [0.29, 0.717) is 12.1 Å². The monoisotopic (exact) mass is 249 g/mol. The molecule has 1 aliphatic rings. The van der Waals surface area contributed by atoms with Gasteiger partial charge in [0.05, 0.1) is 24.6 Å². The number of morpholine rings is 1. The van der Waals surface area contributed by atoms with Crippen LogP contribution in [-0.2, 0) is 11.2 Å². The summed E-state index contributed by atoms with van der Waals surface area (Å²) in [5.41, 5.74) is 7.47. The van der Waals surface area contributed by atoms with Gasteiger partial charge in [0.25, 0.3) is 0 Å². The van der Waals surface area contributed by atoms with Gasteiger partial charge in [0.15, 0.2) is 0 Å². The zero-order valence-electron chi connectivity index (χ0n) is 11.3. The second-order valence-electron chi connectivity index (χ2n) is 5.03. The van der Waals surface area contributed by atoms with E-state index in [9.17, 15) is 0 Å². The lowest BCUT2D eigenvalue weighted by Gasteiger charge is -2.38. The van der Waals surface area contributed by atoms with Crippen molar-refractivity contribution in [3.8, 4) is 0 Å². The molecule has 1 aliphatic heterocycles. The van der Waals surface area contributed by atoms with E-state index in [1.165, 1.54) is 0 Å². The van der Waals surface area contributed by atoms with Crippen LogP contribution >= 0.6 is 0 Å². The van der Waals surface area contributed by atoms with Crippen LogP contribution in [0.5, 0.6) is 0 Å². The van der Waals surface area contributed by atoms with Crippen LogP contribution in [0.2, 0.25) is 0 Å². The summed E-state index contributed by atoms with van der Waals surface area (Å²) in [4.78, 5) is 6.87. The molecule has 0 aromatic carbocycles. The number of hydrogen-bond donors (Lipinski definition) is 1. The van der Waals surface area contributed by atoms with Gasteiger partial charge in [0, 0.05) is 31.2 Å². The average Bonchev–Trinajstić information content (AvgIpc) is 2.38. The molecule has 1 aromatic rings. The quantitative estimate of drug-likeness (QED) is 0.882. The minimum absolute atomic E-state index is 0.340. The van der Waals surface area contributed by atoms with Gasteiger partial charge in [-0.05, 0) is 25.5 Å². The van der Waals surface area contributed by atoms with Crippen molar-refractivity contribution in [3.63, 3.8) is 0 Å². The molecule has 0 spiro atoms. The Bertz CT molecular complexity index is 366. The molecule has 2 rings (SSSR count). The van der Waals surface area contributed by atoms with Crippen molar-refractivity contribution < 1.29 is 4.74 Å². The van der Waals surface area contributed by atoms with Crippen molar-refractivity contribution in [2.24, 2.45) is 0 Å². The Kier molecular flexibility index (Phi) is 4.55. The van der Waals surface area contributed by atoms with Crippen LogP contribution in [0.15, 0.2) is 18.3 Å². The van der Waals surface area contributed by atoms with Crippen LogP contribution in [0.1, 0.15) is 26.0 Å². The van der Waals surface area contributed by atoms with Crippen molar-refractivity contribution in [2.45, 2.75) is 38.8 Å². The van der Waals surface area contributed by atoms with E-state index in [1.807, 2.05) is 12.1 Å². The number of rotatable bonds is 4. The Labute approximate surface area is 109 Å². The molecule has 0 bridgehead atoms. The fraction of sp³-hybridized carbons (Fsp3) is 0.643. The van der Waals surface area contributed by atoms with Crippen LogP contribution in [0.3, 0.4) is 0 Å². The third-order valence-electron chi connectivity index (χ3n) is 3.56. The minimum Gasteiger partial charge on any atom is -0.397 e. The Morgan fingerprint density at radius 1 is 1.50 bits per heavy atom. The van der Waals surface area contributed by atoms with Crippen molar-refractivity contribution in [2.75, 3.05) is 25.4 Å². The van der Waals surface area contributed by atoms with E-state index in [1.54, 1.807) is 6.20 Å². The van der Waals surface area contributed by atoms with E-state index in [0.717, 1.165) is 43.9 Å². The number of nitrogens with two attached hydrogens (primary N) is 1. The molecule has 1 saturated heterocycles. The molecule has 2 atom stereocenters. The number of aromatic nitrogens is 1. The number of ether oxygens (including phenoxy) is 1. The summed E-state index contributed by atoms with van der Waals surface area (Å²) in [6, 6.07) is 4.48.